The van der Waals surface area contributed by atoms with Crippen molar-refractivity contribution >= 4 is 6.09 Å². The lowest BCUT2D eigenvalue weighted by Crippen LogP contribution is -2.28. The van der Waals surface area contributed by atoms with Crippen molar-refractivity contribution in [1.29, 1.82) is 0 Å². The van der Waals surface area contributed by atoms with Gasteiger partial charge in [0.1, 0.15) is 6.61 Å². The summed E-state index contributed by atoms with van der Waals surface area (Å²) in [4.78, 5) is 11.6. The summed E-state index contributed by atoms with van der Waals surface area (Å²) in [6.07, 6.45) is -0.462. The van der Waals surface area contributed by atoms with Gasteiger partial charge in [0.05, 0.1) is 85.9 Å². The van der Waals surface area contributed by atoms with E-state index in [0.717, 1.165) is 5.56 Å². The van der Waals surface area contributed by atoms with Crippen molar-refractivity contribution in [1.82, 2.24) is 5.32 Å². The van der Waals surface area contributed by atoms with Crippen molar-refractivity contribution in [2.75, 3.05) is 99.5 Å². The fourth-order valence-corrected chi connectivity index (χ4v) is 2.34. The van der Waals surface area contributed by atoms with Gasteiger partial charge in [-0.2, -0.15) is 0 Å². The minimum atomic E-state index is -0.462. The molecule has 0 aliphatic heterocycles. The Bertz CT molecular complexity index is 548. The molecule has 33 heavy (non-hydrogen) atoms. The zero-order chi connectivity index (χ0) is 23.7. The van der Waals surface area contributed by atoms with E-state index >= 15 is 0 Å². The van der Waals surface area contributed by atoms with E-state index in [9.17, 15) is 4.79 Å². The van der Waals surface area contributed by atoms with Gasteiger partial charge in [-0.1, -0.05) is 30.3 Å². The SMILES string of the molecule is COCCOCCOCCOCCOCCOCCOCCNC(=O)OCc1ccccc1. The van der Waals surface area contributed by atoms with Crippen molar-refractivity contribution < 1.29 is 42.7 Å². The topological polar surface area (TPSA) is 103 Å². The molecular formula is C23H39NO9. The maximum atomic E-state index is 11.6. The van der Waals surface area contributed by atoms with Crippen LogP contribution >= 0.6 is 0 Å². The van der Waals surface area contributed by atoms with Gasteiger partial charge in [-0.3, -0.25) is 0 Å². The Labute approximate surface area is 196 Å². The zero-order valence-electron chi connectivity index (χ0n) is 19.7. The van der Waals surface area contributed by atoms with Crippen LogP contribution in [0.2, 0.25) is 0 Å². The molecule has 10 nitrogen and oxygen atoms in total. The van der Waals surface area contributed by atoms with Crippen molar-refractivity contribution in [3.63, 3.8) is 0 Å². The van der Waals surface area contributed by atoms with E-state index < -0.39 is 6.09 Å². The molecule has 1 N–H and O–H groups in total. The predicted molar refractivity (Wildman–Crippen MR) is 121 cm³/mol. The third-order valence-corrected chi connectivity index (χ3v) is 4.02. The highest BCUT2D eigenvalue weighted by Crippen LogP contribution is 2.00. The van der Waals surface area contributed by atoms with Gasteiger partial charge in [-0.25, -0.2) is 4.79 Å². The van der Waals surface area contributed by atoms with Gasteiger partial charge < -0.3 is 43.2 Å². The van der Waals surface area contributed by atoms with Crippen molar-refractivity contribution in [2.24, 2.45) is 0 Å². The van der Waals surface area contributed by atoms with Crippen LogP contribution in [0.4, 0.5) is 4.79 Å². The Morgan fingerprint density at radius 2 is 1.06 bits per heavy atom. The van der Waals surface area contributed by atoms with Crippen LogP contribution in [0.5, 0.6) is 0 Å². The number of rotatable bonds is 23. The summed E-state index contributed by atoms with van der Waals surface area (Å²) in [7, 11) is 1.64. The average Bonchev–Trinajstić information content (AvgIpc) is 2.84. The normalized spacial score (nSPS) is 10.9. The van der Waals surface area contributed by atoms with Crippen LogP contribution < -0.4 is 5.32 Å². The number of benzene rings is 1. The molecule has 0 aromatic heterocycles. The van der Waals surface area contributed by atoms with E-state index in [0.29, 0.717) is 92.4 Å². The number of hydrogen-bond donors (Lipinski definition) is 1. The largest absolute Gasteiger partial charge is 0.445 e. The quantitative estimate of drug-likeness (QED) is 0.238. The third-order valence-electron chi connectivity index (χ3n) is 4.02. The van der Waals surface area contributed by atoms with Crippen LogP contribution in [0, 0.1) is 0 Å². The molecule has 1 aromatic carbocycles. The summed E-state index contributed by atoms with van der Waals surface area (Å²) in [5, 5.41) is 2.64. The second-order valence-corrected chi connectivity index (χ2v) is 6.66. The number of methoxy groups -OCH3 is 1. The first kappa shape index (κ1) is 29.2. The predicted octanol–water partition coefficient (Wildman–Crippen LogP) is 1.66. The summed E-state index contributed by atoms with van der Waals surface area (Å²) in [5.74, 6) is 0. The van der Waals surface area contributed by atoms with Gasteiger partial charge in [-0.05, 0) is 5.56 Å². The van der Waals surface area contributed by atoms with E-state index in [2.05, 4.69) is 5.32 Å². The van der Waals surface area contributed by atoms with E-state index in [1.807, 2.05) is 30.3 Å². The number of carbonyl (C=O) groups excluding carboxylic acids is 1. The molecular weight excluding hydrogens is 434 g/mol. The number of carbonyl (C=O) groups is 1. The van der Waals surface area contributed by atoms with Crippen LogP contribution in [0.15, 0.2) is 30.3 Å². The molecule has 1 amide bonds. The maximum Gasteiger partial charge on any atom is 0.407 e. The molecule has 10 heteroatoms. The summed E-state index contributed by atoms with van der Waals surface area (Å²) in [5.41, 5.74) is 0.943. The lowest BCUT2D eigenvalue weighted by Gasteiger charge is -2.09. The summed E-state index contributed by atoms with van der Waals surface area (Å²) in [6.45, 7) is 7.24. The standard InChI is InChI=1S/C23H39NO9/c1-26-9-10-28-13-14-30-17-18-32-20-19-31-16-15-29-12-11-27-8-7-24-23(25)33-21-22-5-3-2-4-6-22/h2-6H,7-21H2,1H3,(H,24,25). The maximum absolute atomic E-state index is 11.6. The smallest absolute Gasteiger partial charge is 0.407 e. The molecule has 0 aliphatic rings. The van der Waals surface area contributed by atoms with Crippen molar-refractivity contribution in [2.45, 2.75) is 6.61 Å². The van der Waals surface area contributed by atoms with Crippen molar-refractivity contribution in [3.05, 3.63) is 35.9 Å². The van der Waals surface area contributed by atoms with Crippen molar-refractivity contribution in [3.8, 4) is 0 Å². The second-order valence-electron chi connectivity index (χ2n) is 6.66. The third kappa shape index (κ3) is 20.5. The number of nitrogens with one attached hydrogen (secondary N) is 1. The highest BCUT2D eigenvalue weighted by atomic mass is 16.6. The van der Waals surface area contributed by atoms with E-state index in [1.165, 1.54) is 0 Å². The number of hydrogen-bond acceptors (Lipinski definition) is 9. The van der Waals surface area contributed by atoms with Crippen LogP contribution in [0.25, 0.3) is 0 Å². The Kier molecular flexibility index (Phi) is 20.7. The van der Waals surface area contributed by atoms with E-state index in [4.69, 9.17) is 37.9 Å². The molecule has 0 aliphatic carbocycles. The first-order chi connectivity index (χ1) is 16.3. The molecule has 1 rings (SSSR count). The van der Waals surface area contributed by atoms with Gasteiger partial charge in [-0.15, -0.1) is 0 Å². The van der Waals surface area contributed by atoms with Crippen LogP contribution in [-0.2, 0) is 44.5 Å². The summed E-state index contributed by atoms with van der Waals surface area (Å²) < 4.78 is 42.3. The molecule has 0 spiro atoms. The average molecular weight is 474 g/mol. The molecule has 0 heterocycles. The molecule has 0 atom stereocenters. The molecule has 0 fully saturated rings. The lowest BCUT2D eigenvalue weighted by atomic mass is 10.2. The summed E-state index contributed by atoms with van der Waals surface area (Å²) in [6, 6.07) is 9.51. The van der Waals surface area contributed by atoms with Gasteiger partial charge in [0.25, 0.3) is 0 Å². The highest BCUT2D eigenvalue weighted by molar-refractivity contribution is 5.67. The van der Waals surface area contributed by atoms with Crippen LogP contribution in [-0.4, -0.2) is 106 Å². The minimum Gasteiger partial charge on any atom is -0.445 e. The molecule has 0 saturated carbocycles. The number of ether oxygens (including phenoxy) is 8. The van der Waals surface area contributed by atoms with Gasteiger partial charge in [0.2, 0.25) is 0 Å². The molecule has 190 valence electrons. The monoisotopic (exact) mass is 473 g/mol. The van der Waals surface area contributed by atoms with Gasteiger partial charge in [0.15, 0.2) is 0 Å². The van der Waals surface area contributed by atoms with Crippen LogP contribution in [0.1, 0.15) is 5.56 Å². The zero-order valence-corrected chi connectivity index (χ0v) is 19.7. The molecule has 0 bridgehead atoms. The minimum absolute atomic E-state index is 0.246. The van der Waals surface area contributed by atoms with Gasteiger partial charge in [0, 0.05) is 13.7 Å². The first-order valence-corrected chi connectivity index (χ1v) is 11.2. The van der Waals surface area contributed by atoms with E-state index in [-0.39, 0.29) is 6.61 Å². The lowest BCUT2D eigenvalue weighted by molar-refractivity contribution is -0.0189. The Morgan fingerprint density at radius 3 is 1.52 bits per heavy atom. The molecule has 0 radical (unpaired) electrons. The number of amides is 1. The van der Waals surface area contributed by atoms with Crippen LogP contribution in [0.3, 0.4) is 0 Å². The Balaban J connectivity index is 1.70. The summed E-state index contributed by atoms with van der Waals surface area (Å²) >= 11 is 0. The first-order valence-electron chi connectivity index (χ1n) is 11.2. The Morgan fingerprint density at radius 1 is 0.636 bits per heavy atom. The fourth-order valence-electron chi connectivity index (χ4n) is 2.34. The molecule has 0 saturated heterocycles. The van der Waals surface area contributed by atoms with E-state index in [1.54, 1.807) is 7.11 Å². The second kappa shape index (κ2) is 23.4. The molecule has 1 aromatic rings. The van der Waals surface area contributed by atoms with Gasteiger partial charge >= 0.3 is 6.09 Å². The highest BCUT2D eigenvalue weighted by Gasteiger charge is 2.01. The molecule has 0 unspecified atom stereocenters. The Hall–Kier alpha value is -1.79. The fraction of sp³-hybridized carbons (Fsp3) is 0.696. The number of alkyl carbamates (subject to hydrolysis) is 1.